The maximum Gasteiger partial charge on any atom is 0.347 e. The molecule has 0 unspecified atom stereocenters. The molecule has 0 aliphatic heterocycles. The normalized spacial score (nSPS) is 15.1. The Balaban J connectivity index is 1.74. The zero-order chi connectivity index (χ0) is 27.2. The number of hydrogen-bond donors (Lipinski definition) is 0. The fourth-order valence-corrected chi connectivity index (χ4v) is 5.66. The third kappa shape index (κ3) is 6.56. The molecule has 0 saturated heterocycles. The lowest BCUT2D eigenvalue weighted by Gasteiger charge is -2.22. The first-order valence-electron chi connectivity index (χ1n) is 12.9. The predicted octanol–water partition coefficient (Wildman–Crippen LogP) is 6.42. The second kappa shape index (κ2) is 13.1. The molecule has 2 aromatic carbocycles. The third-order valence-corrected chi connectivity index (χ3v) is 7.67. The summed E-state index contributed by atoms with van der Waals surface area (Å²) in [5.74, 6) is 1.38. The van der Waals surface area contributed by atoms with Gasteiger partial charge in [-0.2, -0.15) is 9.78 Å². The van der Waals surface area contributed by atoms with Crippen molar-refractivity contribution >= 4 is 61.6 Å². The summed E-state index contributed by atoms with van der Waals surface area (Å²) in [5.41, 5.74) is 1.21. The smallest absolute Gasteiger partial charge is 0.347 e. The fourth-order valence-electron chi connectivity index (χ4n) is 4.55. The van der Waals surface area contributed by atoms with Crippen molar-refractivity contribution in [2.45, 2.75) is 64.9 Å². The Morgan fingerprint density at radius 3 is 2.68 bits per heavy atom. The molecule has 202 valence electrons. The second-order valence-corrected chi connectivity index (χ2v) is 11.2. The minimum atomic E-state index is -0.790. The maximum absolute atomic E-state index is 13.6. The highest BCUT2D eigenvalue weighted by Gasteiger charge is 2.23. The molecule has 1 aliphatic carbocycles. The molecule has 3 aromatic rings. The van der Waals surface area contributed by atoms with Crippen LogP contribution in [0.5, 0.6) is 11.5 Å². The highest BCUT2D eigenvalue weighted by atomic mass is 127. The van der Waals surface area contributed by atoms with E-state index in [0.717, 1.165) is 39.3 Å². The third-order valence-electron chi connectivity index (χ3n) is 6.37. The Kier molecular flexibility index (Phi) is 9.80. The first-order chi connectivity index (χ1) is 18.3. The van der Waals surface area contributed by atoms with Crippen LogP contribution in [0.3, 0.4) is 0 Å². The van der Waals surface area contributed by atoms with Gasteiger partial charge >= 0.3 is 5.97 Å². The lowest BCUT2D eigenvalue weighted by atomic mass is 9.88. The number of aromatic nitrogens is 2. The van der Waals surface area contributed by atoms with Crippen LogP contribution in [-0.4, -0.2) is 41.2 Å². The summed E-state index contributed by atoms with van der Waals surface area (Å²) in [6, 6.07) is 9.22. The Morgan fingerprint density at radius 2 is 1.97 bits per heavy atom. The molecule has 1 fully saturated rings. The van der Waals surface area contributed by atoms with E-state index in [4.69, 9.17) is 19.2 Å². The quantitative estimate of drug-likeness (QED) is 0.146. The number of ether oxygens (including phenoxy) is 3. The van der Waals surface area contributed by atoms with E-state index in [1.54, 1.807) is 32.2 Å². The molecule has 1 heterocycles. The Bertz CT molecular complexity index is 1400. The summed E-state index contributed by atoms with van der Waals surface area (Å²) in [7, 11) is 0. The largest absolute Gasteiger partial charge is 0.490 e. The van der Waals surface area contributed by atoms with Crippen LogP contribution in [0.25, 0.3) is 10.9 Å². The van der Waals surface area contributed by atoms with Gasteiger partial charge in [0, 0.05) is 10.4 Å². The molecule has 0 N–H and O–H groups in total. The van der Waals surface area contributed by atoms with Crippen LogP contribution in [0.2, 0.25) is 0 Å². The van der Waals surface area contributed by atoms with Gasteiger partial charge in [0.15, 0.2) is 17.6 Å². The minimum Gasteiger partial charge on any atom is -0.490 e. The molecule has 4 rings (SSSR count). The van der Waals surface area contributed by atoms with Crippen molar-refractivity contribution in [2.75, 3.05) is 13.2 Å². The van der Waals surface area contributed by atoms with Crippen LogP contribution in [0, 0.1) is 3.57 Å². The molecule has 1 aromatic heterocycles. The summed E-state index contributed by atoms with van der Waals surface area (Å²) in [5, 5.41) is 5.16. The number of carbonyl (C=O) groups excluding carboxylic acids is 1. The van der Waals surface area contributed by atoms with E-state index in [-0.39, 0.29) is 18.1 Å². The summed E-state index contributed by atoms with van der Waals surface area (Å²) in [6.45, 7) is 5.96. The SMILES string of the molecule is CCOC(=O)[C@@H](C)Oc1c(I)cc(C=Nn2c(C3CCCCC3)nc3ccc(Br)cc3c2=O)cc1OCC. The van der Waals surface area contributed by atoms with E-state index in [1.165, 1.54) is 11.1 Å². The summed E-state index contributed by atoms with van der Waals surface area (Å²) in [6.07, 6.45) is 6.26. The van der Waals surface area contributed by atoms with Gasteiger partial charge in [0.25, 0.3) is 5.56 Å². The van der Waals surface area contributed by atoms with E-state index in [2.05, 4.69) is 43.6 Å². The fraction of sp³-hybridized carbons (Fsp3) is 0.429. The van der Waals surface area contributed by atoms with Crippen molar-refractivity contribution in [2.24, 2.45) is 5.10 Å². The van der Waals surface area contributed by atoms with E-state index in [9.17, 15) is 9.59 Å². The summed E-state index contributed by atoms with van der Waals surface area (Å²) in [4.78, 5) is 30.6. The molecule has 0 bridgehead atoms. The molecule has 0 spiro atoms. The lowest BCUT2D eigenvalue weighted by molar-refractivity contribution is -0.150. The number of nitrogens with zero attached hydrogens (tertiary/aromatic N) is 3. The van der Waals surface area contributed by atoms with Gasteiger partial charge < -0.3 is 14.2 Å². The van der Waals surface area contributed by atoms with E-state index < -0.39 is 12.1 Å². The molecule has 0 amide bonds. The van der Waals surface area contributed by atoms with Crippen molar-refractivity contribution < 1.29 is 19.0 Å². The molecule has 0 radical (unpaired) electrons. The number of benzene rings is 2. The van der Waals surface area contributed by atoms with Crippen LogP contribution in [0.15, 0.2) is 44.7 Å². The van der Waals surface area contributed by atoms with Gasteiger partial charge in [-0.25, -0.2) is 9.78 Å². The standard InChI is InChI=1S/C28H31BrIN3O5/c1-4-36-24-14-18(13-22(30)25(24)38-17(3)28(35)37-5-2)16-31-33-26(19-9-7-6-8-10-19)32-23-12-11-20(29)15-21(23)27(33)34/h11-17,19H,4-10H2,1-3H3/t17-/m1/s1. The van der Waals surface area contributed by atoms with E-state index in [1.807, 2.05) is 25.1 Å². The molecular formula is C28H31BrIN3O5. The molecule has 10 heteroatoms. The van der Waals surface area contributed by atoms with Gasteiger partial charge in [-0.1, -0.05) is 35.2 Å². The Morgan fingerprint density at radius 1 is 1.21 bits per heavy atom. The predicted molar refractivity (Wildman–Crippen MR) is 160 cm³/mol. The lowest BCUT2D eigenvalue weighted by Crippen LogP contribution is -2.26. The van der Waals surface area contributed by atoms with Gasteiger partial charge in [-0.05, 0) is 92.1 Å². The summed E-state index contributed by atoms with van der Waals surface area (Å²) >= 11 is 5.61. The molecule has 38 heavy (non-hydrogen) atoms. The second-order valence-electron chi connectivity index (χ2n) is 9.10. The first-order valence-corrected chi connectivity index (χ1v) is 14.8. The van der Waals surface area contributed by atoms with E-state index >= 15 is 0 Å². The zero-order valence-electron chi connectivity index (χ0n) is 21.7. The average molecular weight is 696 g/mol. The van der Waals surface area contributed by atoms with Crippen molar-refractivity contribution in [3.05, 3.63) is 60.1 Å². The Labute approximate surface area is 244 Å². The van der Waals surface area contributed by atoms with Gasteiger partial charge in [-0.15, -0.1) is 0 Å². The van der Waals surface area contributed by atoms with Crippen molar-refractivity contribution in [3.63, 3.8) is 0 Å². The van der Waals surface area contributed by atoms with Crippen molar-refractivity contribution in [3.8, 4) is 11.5 Å². The summed E-state index contributed by atoms with van der Waals surface area (Å²) < 4.78 is 19.8. The highest BCUT2D eigenvalue weighted by molar-refractivity contribution is 14.1. The topological polar surface area (TPSA) is 92.0 Å². The van der Waals surface area contributed by atoms with Crippen LogP contribution in [-0.2, 0) is 9.53 Å². The monoisotopic (exact) mass is 695 g/mol. The number of hydrogen-bond acceptors (Lipinski definition) is 7. The van der Waals surface area contributed by atoms with Crippen LogP contribution >= 0.6 is 38.5 Å². The number of esters is 1. The van der Waals surface area contributed by atoms with Crippen LogP contribution in [0.4, 0.5) is 0 Å². The molecule has 1 atom stereocenters. The molecular weight excluding hydrogens is 665 g/mol. The van der Waals surface area contributed by atoms with Gasteiger partial charge in [-0.3, -0.25) is 4.79 Å². The number of rotatable bonds is 9. The zero-order valence-corrected chi connectivity index (χ0v) is 25.5. The molecule has 8 nitrogen and oxygen atoms in total. The number of carbonyl (C=O) groups is 1. The highest BCUT2D eigenvalue weighted by Crippen LogP contribution is 2.35. The maximum atomic E-state index is 13.6. The molecule has 1 saturated carbocycles. The van der Waals surface area contributed by atoms with Gasteiger partial charge in [0.2, 0.25) is 0 Å². The number of fused-ring (bicyclic) bond motifs is 1. The first kappa shape index (κ1) is 28.5. The van der Waals surface area contributed by atoms with Crippen molar-refractivity contribution in [1.82, 2.24) is 9.66 Å². The van der Waals surface area contributed by atoms with Gasteiger partial charge in [0.1, 0.15) is 5.82 Å². The van der Waals surface area contributed by atoms with E-state index in [0.29, 0.717) is 34.8 Å². The molecule has 1 aliphatic rings. The minimum absolute atomic E-state index is 0.181. The average Bonchev–Trinajstić information content (AvgIpc) is 2.91. The van der Waals surface area contributed by atoms with Crippen LogP contribution in [0.1, 0.15) is 70.2 Å². The number of halogens is 2. The Hall–Kier alpha value is -2.47. The van der Waals surface area contributed by atoms with Crippen molar-refractivity contribution in [1.29, 1.82) is 0 Å². The van der Waals surface area contributed by atoms with Gasteiger partial charge in [0.05, 0.1) is 33.9 Å². The van der Waals surface area contributed by atoms with Crippen LogP contribution < -0.4 is 15.0 Å².